The van der Waals surface area contributed by atoms with Gasteiger partial charge in [0.1, 0.15) is 0 Å². The van der Waals surface area contributed by atoms with Crippen LogP contribution >= 0.6 is 15.9 Å². The highest BCUT2D eigenvalue weighted by atomic mass is 79.9. The largest absolute Gasteiger partial charge is 0.398 e. The molecule has 4 nitrogen and oxygen atoms in total. The first-order valence-corrected chi connectivity index (χ1v) is 8.64. The van der Waals surface area contributed by atoms with Gasteiger partial charge in [-0.3, -0.25) is 0 Å². The van der Waals surface area contributed by atoms with Crippen molar-refractivity contribution >= 4 is 31.6 Å². The molecular weight excluding hydrogens is 328 g/mol. The van der Waals surface area contributed by atoms with Crippen molar-refractivity contribution in [1.82, 2.24) is 4.72 Å². The second-order valence-electron chi connectivity index (χ2n) is 5.28. The van der Waals surface area contributed by atoms with Gasteiger partial charge in [-0.2, -0.15) is 0 Å². The van der Waals surface area contributed by atoms with Crippen LogP contribution in [0.3, 0.4) is 0 Å². The summed E-state index contributed by atoms with van der Waals surface area (Å²) in [5.41, 5.74) is 6.88. The maximum atomic E-state index is 12.3. The average Bonchev–Trinajstić information content (AvgIpc) is 3.14. The van der Waals surface area contributed by atoms with E-state index in [9.17, 15) is 8.42 Å². The zero-order valence-corrected chi connectivity index (χ0v) is 13.5. The van der Waals surface area contributed by atoms with Gasteiger partial charge < -0.3 is 5.73 Å². The molecule has 106 valence electrons. The highest BCUT2D eigenvalue weighted by Crippen LogP contribution is 2.36. The summed E-state index contributed by atoms with van der Waals surface area (Å²) >= 11 is 3.28. The van der Waals surface area contributed by atoms with Crippen LogP contribution in [-0.4, -0.2) is 15.0 Å². The van der Waals surface area contributed by atoms with E-state index in [1.807, 2.05) is 0 Å². The van der Waals surface area contributed by atoms with Crippen LogP contribution in [0.25, 0.3) is 0 Å². The molecule has 3 N–H and O–H groups in total. The fourth-order valence-electron chi connectivity index (χ4n) is 2.10. The standard InChI is InChI=1S/C13H19BrN2O2S/c1-8(10-3-4-10)7-16-19(17,18)13-6-11(14)5-12(15)9(13)2/h5-6,8,10,16H,3-4,7,15H2,1-2H3. The fraction of sp³-hybridized carbons (Fsp3) is 0.538. The Labute approximate surface area is 122 Å². The van der Waals surface area contributed by atoms with Crippen LogP contribution in [0, 0.1) is 18.8 Å². The van der Waals surface area contributed by atoms with Crippen LogP contribution < -0.4 is 10.5 Å². The summed E-state index contributed by atoms with van der Waals surface area (Å²) in [6, 6.07) is 3.30. The summed E-state index contributed by atoms with van der Waals surface area (Å²) in [6.45, 7) is 4.29. The summed E-state index contributed by atoms with van der Waals surface area (Å²) in [5.74, 6) is 1.07. The van der Waals surface area contributed by atoms with E-state index < -0.39 is 10.0 Å². The molecule has 1 unspecified atom stereocenters. The number of halogens is 1. The number of hydrogen-bond acceptors (Lipinski definition) is 3. The molecule has 0 radical (unpaired) electrons. The van der Waals surface area contributed by atoms with Crippen molar-refractivity contribution in [2.45, 2.75) is 31.6 Å². The normalized spacial score (nSPS) is 17.4. The number of sulfonamides is 1. The van der Waals surface area contributed by atoms with E-state index >= 15 is 0 Å². The maximum Gasteiger partial charge on any atom is 0.240 e. The lowest BCUT2D eigenvalue weighted by Gasteiger charge is -2.14. The van der Waals surface area contributed by atoms with Gasteiger partial charge >= 0.3 is 0 Å². The summed E-state index contributed by atoms with van der Waals surface area (Å²) in [5, 5.41) is 0. The minimum atomic E-state index is -3.50. The Bertz CT molecular complexity index is 583. The third kappa shape index (κ3) is 3.49. The SMILES string of the molecule is Cc1c(N)cc(Br)cc1S(=O)(=O)NCC(C)C1CC1. The van der Waals surface area contributed by atoms with Gasteiger partial charge in [0, 0.05) is 16.7 Å². The molecule has 0 spiro atoms. The lowest BCUT2D eigenvalue weighted by Crippen LogP contribution is -2.29. The summed E-state index contributed by atoms with van der Waals surface area (Å²) < 4.78 is 28.0. The molecule has 0 aliphatic heterocycles. The van der Waals surface area contributed by atoms with Crippen molar-refractivity contribution < 1.29 is 8.42 Å². The fourth-order valence-corrected chi connectivity index (χ4v) is 4.17. The molecular formula is C13H19BrN2O2S. The quantitative estimate of drug-likeness (QED) is 0.805. The molecule has 1 fully saturated rings. The molecule has 1 aromatic rings. The highest BCUT2D eigenvalue weighted by Gasteiger charge is 2.29. The van der Waals surface area contributed by atoms with Crippen LogP contribution in [-0.2, 0) is 10.0 Å². The Kier molecular flexibility index (Phi) is 4.23. The number of hydrogen-bond donors (Lipinski definition) is 2. The molecule has 0 heterocycles. The van der Waals surface area contributed by atoms with Gasteiger partial charge in [0.25, 0.3) is 0 Å². The smallest absolute Gasteiger partial charge is 0.240 e. The van der Waals surface area contributed by atoms with Crippen LogP contribution in [0.5, 0.6) is 0 Å². The van der Waals surface area contributed by atoms with Crippen LogP contribution in [0.15, 0.2) is 21.5 Å². The number of anilines is 1. The second-order valence-corrected chi connectivity index (χ2v) is 7.94. The first kappa shape index (κ1) is 14.8. The van der Waals surface area contributed by atoms with E-state index in [0.717, 1.165) is 0 Å². The summed E-state index contributed by atoms with van der Waals surface area (Å²) in [6.07, 6.45) is 2.43. The summed E-state index contributed by atoms with van der Waals surface area (Å²) in [7, 11) is -3.50. The third-order valence-corrected chi connectivity index (χ3v) is 5.68. The molecule has 1 atom stereocenters. The Balaban J connectivity index is 2.19. The van der Waals surface area contributed by atoms with Gasteiger partial charge in [-0.15, -0.1) is 0 Å². The van der Waals surface area contributed by atoms with Gasteiger partial charge in [0.2, 0.25) is 10.0 Å². The van der Waals surface area contributed by atoms with Crippen LogP contribution in [0.2, 0.25) is 0 Å². The number of nitrogens with one attached hydrogen (secondary N) is 1. The molecule has 2 rings (SSSR count). The number of benzene rings is 1. The molecule has 0 aromatic heterocycles. The molecule has 1 aliphatic rings. The number of nitrogen functional groups attached to an aromatic ring is 1. The topological polar surface area (TPSA) is 72.2 Å². The van der Waals surface area contributed by atoms with E-state index in [0.29, 0.717) is 34.1 Å². The first-order valence-electron chi connectivity index (χ1n) is 6.36. The molecule has 1 saturated carbocycles. The van der Waals surface area contributed by atoms with Crippen LogP contribution in [0.4, 0.5) is 5.69 Å². The Hall–Kier alpha value is -0.590. The van der Waals surface area contributed by atoms with E-state index in [1.54, 1.807) is 19.1 Å². The first-order chi connectivity index (χ1) is 8.81. The lowest BCUT2D eigenvalue weighted by molar-refractivity contribution is 0.491. The Morgan fingerprint density at radius 2 is 2.11 bits per heavy atom. The van der Waals surface area contributed by atoms with Gasteiger partial charge in [0.05, 0.1) is 4.90 Å². The van der Waals surface area contributed by atoms with E-state index in [2.05, 4.69) is 27.6 Å². The monoisotopic (exact) mass is 346 g/mol. The van der Waals surface area contributed by atoms with Gasteiger partial charge in [-0.1, -0.05) is 22.9 Å². The predicted octanol–water partition coefficient (Wildman–Crippen LogP) is 2.66. The van der Waals surface area contributed by atoms with Gasteiger partial charge in [-0.25, -0.2) is 13.1 Å². The lowest BCUT2D eigenvalue weighted by atomic mass is 10.1. The molecule has 19 heavy (non-hydrogen) atoms. The van der Waals surface area contributed by atoms with Crippen molar-refractivity contribution in [2.75, 3.05) is 12.3 Å². The van der Waals surface area contributed by atoms with Crippen molar-refractivity contribution in [3.8, 4) is 0 Å². The predicted molar refractivity (Wildman–Crippen MR) is 80.4 cm³/mol. The zero-order chi connectivity index (χ0) is 14.2. The van der Waals surface area contributed by atoms with Crippen LogP contribution in [0.1, 0.15) is 25.3 Å². The number of rotatable bonds is 5. The van der Waals surface area contributed by atoms with Crippen molar-refractivity contribution in [3.63, 3.8) is 0 Å². The van der Waals surface area contributed by atoms with Gasteiger partial charge in [0.15, 0.2) is 0 Å². The average molecular weight is 347 g/mol. The molecule has 1 aliphatic carbocycles. The van der Waals surface area contributed by atoms with Gasteiger partial charge in [-0.05, 0) is 49.3 Å². The maximum absolute atomic E-state index is 12.3. The second kappa shape index (κ2) is 5.42. The molecule has 6 heteroatoms. The highest BCUT2D eigenvalue weighted by molar-refractivity contribution is 9.10. The third-order valence-electron chi connectivity index (χ3n) is 3.68. The molecule has 0 bridgehead atoms. The minimum Gasteiger partial charge on any atom is -0.398 e. The number of nitrogens with two attached hydrogens (primary N) is 1. The molecule has 1 aromatic carbocycles. The Morgan fingerprint density at radius 1 is 1.47 bits per heavy atom. The zero-order valence-electron chi connectivity index (χ0n) is 11.1. The molecule has 0 amide bonds. The Morgan fingerprint density at radius 3 is 2.68 bits per heavy atom. The van der Waals surface area contributed by atoms with E-state index in [-0.39, 0.29) is 4.90 Å². The summed E-state index contributed by atoms with van der Waals surface area (Å²) in [4.78, 5) is 0.252. The van der Waals surface area contributed by atoms with E-state index in [4.69, 9.17) is 5.73 Å². The molecule has 0 saturated heterocycles. The van der Waals surface area contributed by atoms with Crippen molar-refractivity contribution in [3.05, 3.63) is 22.2 Å². The van der Waals surface area contributed by atoms with E-state index in [1.165, 1.54) is 12.8 Å². The van der Waals surface area contributed by atoms with Crippen molar-refractivity contribution in [1.29, 1.82) is 0 Å². The minimum absolute atomic E-state index is 0.252. The van der Waals surface area contributed by atoms with Crippen molar-refractivity contribution in [2.24, 2.45) is 11.8 Å².